The number of benzene rings is 1. The number of fused-ring (bicyclic) bond motifs is 1. The third kappa shape index (κ3) is 2.89. The van der Waals surface area contributed by atoms with Crippen LogP contribution in [0, 0.1) is 5.82 Å². The van der Waals surface area contributed by atoms with E-state index < -0.39 is 48.6 Å². The minimum atomic E-state index is -4.79. The van der Waals surface area contributed by atoms with Gasteiger partial charge in [0, 0.05) is 36.0 Å². The van der Waals surface area contributed by atoms with Gasteiger partial charge in [0.05, 0.1) is 5.56 Å². The van der Waals surface area contributed by atoms with Gasteiger partial charge in [-0.3, -0.25) is 0 Å². The van der Waals surface area contributed by atoms with Crippen LogP contribution in [0.5, 0.6) is 0 Å². The van der Waals surface area contributed by atoms with Crippen LogP contribution in [0.3, 0.4) is 0 Å². The molecule has 8 heteroatoms. The third-order valence-electron chi connectivity index (χ3n) is 4.14. The number of nitrogens with zero attached hydrogens (tertiary/aromatic N) is 1. The van der Waals surface area contributed by atoms with Gasteiger partial charge in [-0.2, -0.15) is 13.2 Å². The summed E-state index contributed by atoms with van der Waals surface area (Å²) in [5.74, 6) is -4.02. The number of aromatic nitrogens is 1. The lowest BCUT2D eigenvalue weighted by Gasteiger charge is -2.24. The SMILES string of the molecule is FCc1cc(-n2cc(C(F)(F)F)c3c2CCC(F)(F)C3)ccc1F. The number of alkyl halides is 6. The first kappa shape index (κ1) is 16.9. The molecule has 130 valence electrons. The van der Waals surface area contributed by atoms with Gasteiger partial charge in [0.25, 0.3) is 5.92 Å². The molecule has 1 aliphatic rings. The third-order valence-corrected chi connectivity index (χ3v) is 4.14. The number of rotatable bonds is 2. The summed E-state index contributed by atoms with van der Waals surface area (Å²) in [4.78, 5) is 0. The number of hydrogen-bond acceptors (Lipinski definition) is 0. The van der Waals surface area contributed by atoms with E-state index in [0.29, 0.717) is 0 Å². The van der Waals surface area contributed by atoms with Gasteiger partial charge in [0.15, 0.2) is 0 Å². The van der Waals surface area contributed by atoms with Crippen LogP contribution in [0.2, 0.25) is 0 Å². The van der Waals surface area contributed by atoms with Crippen LogP contribution in [0.1, 0.15) is 28.8 Å². The predicted octanol–water partition coefficient (Wildman–Crippen LogP) is 5.23. The Balaban J connectivity index is 2.18. The normalized spacial score (nSPS) is 17.0. The van der Waals surface area contributed by atoms with Crippen molar-refractivity contribution in [2.24, 2.45) is 0 Å². The summed E-state index contributed by atoms with van der Waals surface area (Å²) in [6.45, 7) is -1.12. The lowest BCUT2D eigenvalue weighted by Crippen LogP contribution is -2.27. The molecule has 2 aromatic rings. The second kappa shape index (κ2) is 5.53. The summed E-state index contributed by atoms with van der Waals surface area (Å²) in [7, 11) is 0. The van der Waals surface area contributed by atoms with Crippen molar-refractivity contribution >= 4 is 0 Å². The van der Waals surface area contributed by atoms with E-state index in [1.807, 2.05) is 0 Å². The molecule has 0 atom stereocenters. The van der Waals surface area contributed by atoms with E-state index in [-0.39, 0.29) is 23.4 Å². The second-order valence-corrected chi connectivity index (χ2v) is 5.78. The molecule has 1 aromatic heterocycles. The molecule has 3 rings (SSSR count). The molecule has 0 N–H and O–H groups in total. The van der Waals surface area contributed by atoms with Crippen LogP contribution in [-0.4, -0.2) is 10.5 Å². The molecule has 1 heterocycles. The smallest absolute Gasteiger partial charge is 0.320 e. The average molecular weight is 351 g/mol. The molecule has 0 aliphatic heterocycles. The molecule has 0 fully saturated rings. The molecule has 0 unspecified atom stereocenters. The molecule has 0 spiro atoms. The summed E-state index contributed by atoms with van der Waals surface area (Å²) in [6, 6.07) is 3.23. The average Bonchev–Trinajstić information content (AvgIpc) is 2.85. The molecule has 1 aromatic carbocycles. The Labute approximate surface area is 132 Å². The molecular weight excluding hydrogens is 339 g/mol. The minimum Gasteiger partial charge on any atom is -0.320 e. The molecular formula is C16H12F7N. The molecule has 1 nitrogen and oxygen atoms in total. The molecule has 0 saturated carbocycles. The maximum atomic E-state index is 13.6. The van der Waals surface area contributed by atoms with Crippen molar-refractivity contribution in [1.82, 2.24) is 4.57 Å². The van der Waals surface area contributed by atoms with Crippen LogP contribution in [0.15, 0.2) is 24.4 Å². The highest BCUT2D eigenvalue weighted by Crippen LogP contribution is 2.42. The van der Waals surface area contributed by atoms with Crippen molar-refractivity contribution in [3.05, 3.63) is 52.6 Å². The van der Waals surface area contributed by atoms with Crippen LogP contribution in [0.4, 0.5) is 30.7 Å². The fraction of sp³-hybridized carbons (Fsp3) is 0.375. The molecule has 1 aliphatic carbocycles. The Morgan fingerprint density at radius 3 is 2.50 bits per heavy atom. The highest BCUT2D eigenvalue weighted by Gasteiger charge is 2.43. The zero-order chi connectivity index (χ0) is 17.7. The van der Waals surface area contributed by atoms with E-state index in [0.717, 1.165) is 22.9 Å². The van der Waals surface area contributed by atoms with Crippen LogP contribution < -0.4 is 0 Å². The van der Waals surface area contributed by atoms with Gasteiger partial charge in [0.2, 0.25) is 0 Å². The Bertz CT molecular complexity index is 773. The topological polar surface area (TPSA) is 4.93 Å². The Hall–Kier alpha value is -1.99. The van der Waals surface area contributed by atoms with E-state index >= 15 is 0 Å². The van der Waals surface area contributed by atoms with Gasteiger partial charge in [0.1, 0.15) is 12.5 Å². The van der Waals surface area contributed by atoms with Crippen molar-refractivity contribution < 1.29 is 30.7 Å². The zero-order valence-corrected chi connectivity index (χ0v) is 12.2. The van der Waals surface area contributed by atoms with Gasteiger partial charge in [-0.1, -0.05) is 0 Å². The maximum Gasteiger partial charge on any atom is 0.418 e. The van der Waals surface area contributed by atoms with Gasteiger partial charge in [-0.05, 0) is 30.2 Å². The second-order valence-electron chi connectivity index (χ2n) is 5.78. The fourth-order valence-corrected chi connectivity index (χ4v) is 2.99. The summed E-state index contributed by atoms with van der Waals surface area (Å²) in [5, 5.41) is 0. The fourth-order valence-electron chi connectivity index (χ4n) is 2.99. The molecule has 0 amide bonds. The molecule has 0 saturated heterocycles. The highest BCUT2D eigenvalue weighted by molar-refractivity contribution is 5.46. The van der Waals surface area contributed by atoms with Crippen molar-refractivity contribution in [2.75, 3.05) is 0 Å². The first-order chi connectivity index (χ1) is 11.1. The van der Waals surface area contributed by atoms with Crippen molar-refractivity contribution in [1.29, 1.82) is 0 Å². The highest BCUT2D eigenvalue weighted by atomic mass is 19.4. The lowest BCUT2D eigenvalue weighted by atomic mass is 9.91. The van der Waals surface area contributed by atoms with Crippen molar-refractivity contribution in [3.63, 3.8) is 0 Å². The van der Waals surface area contributed by atoms with E-state index in [9.17, 15) is 30.7 Å². The zero-order valence-electron chi connectivity index (χ0n) is 12.2. The quantitative estimate of drug-likeness (QED) is 0.653. The van der Waals surface area contributed by atoms with Crippen molar-refractivity contribution in [2.45, 2.75) is 38.0 Å². The first-order valence-corrected chi connectivity index (χ1v) is 7.15. The Morgan fingerprint density at radius 1 is 1.17 bits per heavy atom. The van der Waals surface area contributed by atoms with Gasteiger partial charge in [-0.25, -0.2) is 17.6 Å². The monoisotopic (exact) mass is 351 g/mol. The first-order valence-electron chi connectivity index (χ1n) is 7.15. The van der Waals surface area contributed by atoms with E-state index in [4.69, 9.17) is 0 Å². The van der Waals surface area contributed by atoms with E-state index in [2.05, 4.69) is 0 Å². The van der Waals surface area contributed by atoms with Gasteiger partial charge in [-0.15, -0.1) is 0 Å². The van der Waals surface area contributed by atoms with Crippen LogP contribution in [0.25, 0.3) is 5.69 Å². The molecule has 0 radical (unpaired) electrons. The van der Waals surface area contributed by atoms with Gasteiger partial charge < -0.3 is 4.57 Å². The summed E-state index contributed by atoms with van der Waals surface area (Å²) >= 11 is 0. The van der Waals surface area contributed by atoms with Gasteiger partial charge >= 0.3 is 6.18 Å². The predicted molar refractivity (Wildman–Crippen MR) is 72.5 cm³/mol. The number of hydrogen-bond donors (Lipinski definition) is 0. The summed E-state index contributed by atoms with van der Waals surface area (Å²) in [6.07, 6.45) is -5.88. The van der Waals surface area contributed by atoms with Crippen molar-refractivity contribution in [3.8, 4) is 5.69 Å². The summed E-state index contributed by atoms with van der Waals surface area (Å²) in [5.41, 5.74) is -1.68. The number of halogens is 7. The largest absolute Gasteiger partial charge is 0.418 e. The molecule has 24 heavy (non-hydrogen) atoms. The maximum absolute atomic E-state index is 13.6. The Kier molecular flexibility index (Phi) is 3.88. The summed E-state index contributed by atoms with van der Waals surface area (Å²) < 4.78 is 94.0. The minimum absolute atomic E-state index is 0.102. The van der Waals surface area contributed by atoms with Crippen LogP contribution >= 0.6 is 0 Å². The standard InChI is InChI=1S/C16H12F7N/c17-7-9-5-10(1-2-13(9)18)24-8-12(16(21,22)23)11-6-15(19,20)4-3-14(11)24/h1-2,5,8H,3-4,6-7H2. The Morgan fingerprint density at radius 2 is 1.88 bits per heavy atom. The van der Waals surface area contributed by atoms with E-state index in [1.165, 1.54) is 6.07 Å². The lowest BCUT2D eigenvalue weighted by molar-refractivity contribution is -0.138. The van der Waals surface area contributed by atoms with E-state index in [1.54, 1.807) is 0 Å². The van der Waals surface area contributed by atoms with Crippen LogP contribution in [-0.2, 0) is 25.7 Å². The molecule has 0 bridgehead atoms.